The fourth-order valence-corrected chi connectivity index (χ4v) is 3.48. The van der Waals surface area contributed by atoms with Gasteiger partial charge in [-0.1, -0.05) is 46.6 Å². The number of halogens is 4. The highest BCUT2D eigenvalue weighted by atomic mass is 35.5. The third kappa shape index (κ3) is 5.37. The largest absolute Gasteiger partial charge is 0.416 e. The smallest absolute Gasteiger partial charge is 0.382 e. The number of nitrogens with zero attached hydrogens (tertiary/aromatic N) is 5. The van der Waals surface area contributed by atoms with Crippen molar-refractivity contribution in [3.05, 3.63) is 86.9 Å². The molecule has 178 valence electrons. The first-order chi connectivity index (χ1) is 16.1. The molecule has 1 N–H and O–H groups in total. The summed E-state index contributed by atoms with van der Waals surface area (Å²) in [6.45, 7) is 0.681. The van der Waals surface area contributed by atoms with Crippen LogP contribution >= 0.6 is 11.6 Å². The number of rotatable bonds is 7. The molecule has 4 rings (SSSR count). The second-order valence-electron chi connectivity index (χ2n) is 7.71. The highest BCUT2D eigenvalue weighted by Crippen LogP contribution is 2.24. The van der Waals surface area contributed by atoms with E-state index in [1.807, 2.05) is 31.2 Å². The summed E-state index contributed by atoms with van der Waals surface area (Å²) in [5.41, 5.74) is 1.53. The molecular formula is C22H19ClF3N5O3. The van der Waals surface area contributed by atoms with E-state index in [4.69, 9.17) is 16.1 Å². The lowest BCUT2D eigenvalue weighted by Gasteiger charge is -2.15. The second-order valence-corrected chi connectivity index (χ2v) is 8.15. The third-order valence-corrected chi connectivity index (χ3v) is 5.25. The molecule has 0 radical (unpaired) electrons. The number of aliphatic hydroxyl groups is 1. The zero-order valence-electron chi connectivity index (χ0n) is 17.8. The number of aryl methyl sites for hydroxylation is 1. The molecule has 8 nitrogen and oxygen atoms in total. The summed E-state index contributed by atoms with van der Waals surface area (Å²) in [6, 6.07) is 13.8. The van der Waals surface area contributed by atoms with Crippen LogP contribution in [-0.2, 0) is 19.5 Å². The van der Waals surface area contributed by atoms with Crippen LogP contribution in [-0.4, -0.2) is 41.9 Å². The number of aromatic nitrogens is 5. The van der Waals surface area contributed by atoms with Crippen molar-refractivity contribution in [1.29, 1.82) is 0 Å². The Labute approximate surface area is 196 Å². The molecule has 0 aliphatic carbocycles. The quantitative estimate of drug-likeness (QED) is 0.422. The van der Waals surface area contributed by atoms with Crippen LogP contribution in [0.4, 0.5) is 13.2 Å². The van der Waals surface area contributed by atoms with Crippen LogP contribution in [0.3, 0.4) is 0 Å². The van der Waals surface area contributed by atoms with E-state index in [0.29, 0.717) is 22.8 Å². The van der Waals surface area contributed by atoms with Crippen molar-refractivity contribution in [2.45, 2.75) is 38.7 Å². The molecule has 0 aliphatic rings. The average molecular weight is 494 g/mol. The molecule has 2 aromatic heterocycles. The second kappa shape index (κ2) is 9.43. The summed E-state index contributed by atoms with van der Waals surface area (Å²) in [7, 11) is 0. The van der Waals surface area contributed by atoms with Gasteiger partial charge in [0.15, 0.2) is 17.8 Å². The maximum atomic E-state index is 13.0. The summed E-state index contributed by atoms with van der Waals surface area (Å²) in [5.74, 6) is 0.386. The Balaban J connectivity index is 1.63. The summed E-state index contributed by atoms with van der Waals surface area (Å²) < 4.78 is 45.8. The Morgan fingerprint density at radius 3 is 2.59 bits per heavy atom. The van der Waals surface area contributed by atoms with E-state index in [9.17, 15) is 23.1 Å². The molecule has 0 saturated carbocycles. The van der Waals surface area contributed by atoms with Crippen LogP contribution in [0.2, 0.25) is 5.02 Å². The molecule has 2 aromatic carbocycles. The van der Waals surface area contributed by atoms with E-state index in [2.05, 4.69) is 15.2 Å². The van der Waals surface area contributed by atoms with Crippen molar-refractivity contribution < 1.29 is 22.8 Å². The first-order valence-corrected chi connectivity index (χ1v) is 10.5. The predicted molar refractivity (Wildman–Crippen MR) is 116 cm³/mol. The van der Waals surface area contributed by atoms with Crippen LogP contribution < -0.4 is 5.69 Å². The van der Waals surface area contributed by atoms with E-state index in [0.717, 1.165) is 20.4 Å². The van der Waals surface area contributed by atoms with Gasteiger partial charge < -0.3 is 9.63 Å². The van der Waals surface area contributed by atoms with E-state index < -0.39 is 24.5 Å². The van der Waals surface area contributed by atoms with Gasteiger partial charge in [0.2, 0.25) is 5.89 Å². The summed E-state index contributed by atoms with van der Waals surface area (Å²) in [6.07, 6.45) is -7.25. The van der Waals surface area contributed by atoms with Crippen LogP contribution in [0.15, 0.2) is 57.8 Å². The van der Waals surface area contributed by atoms with Crippen LogP contribution in [0, 0.1) is 6.92 Å². The van der Waals surface area contributed by atoms with E-state index in [-0.39, 0.29) is 18.3 Å². The van der Waals surface area contributed by atoms with Crippen molar-refractivity contribution in [2.24, 2.45) is 0 Å². The molecule has 0 spiro atoms. The lowest BCUT2D eigenvalue weighted by Crippen LogP contribution is -2.37. The van der Waals surface area contributed by atoms with E-state index in [1.54, 1.807) is 0 Å². The maximum absolute atomic E-state index is 13.0. The zero-order valence-corrected chi connectivity index (χ0v) is 18.6. The van der Waals surface area contributed by atoms with Gasteiger partial charge in [0, 0.05) is 17.0 Å². The Hall–Kier alpha value is -3.44. The lowest BCUT2D eigenvalue weighted by atomic mass is 10.1. The molecule has 0 amide bonds. The van der Waals surface area contributed by atoms with Gasteiger partial charge >= 0.3 is 11.9 Å². The normalized spacial score (nSPS) is 12.8. The number of hydrogen-bond donors (Lipinski definition) is 1. The SMILES string of the molecule is Cc1cccc(Cc2noc(Cn3nc(-c4ccc(Cl)cc4)n(C[C@H](O)C(F)(F)F)c3=O)n2)c1. The van der Waals surface area contributed by atoms with Gasteiger partial charge in [0.25, 0.3) is 0 Å². The minimum Gasteiger partial charge on any atom is -0.382 e. The lowest BCUT2D eigenvalue weighted by molar-refractivity contribution is -0.207. The Morgan fingerprint density at radius 2 is 1.91 bits per heavy atom. The Bertz CT molecular complexity index is 1350. The Kier molecular flexibility index (Phi) is 6.58. The third-order valence-electron chi connectivity index (χ3n) is 5.00. The topological polar surface area (TPSA) is 99.0 Å². The number of alkyl halides is 3. The maximum Gasteiger partial charge on any atom is 0.416 e. The fourth-order valence-electron chi connectivity index (χ4n) is 3.36. The van der Waals surface area contributed by atoms with Crippen molar-refractivity contribution >= 4 is 11.6 Å². The Morgan fingerprint density at radius 1 is 1.18 bits per heavy atom. The molecule has 4 aromatic rings. The fraction of sp³-hybridized carbons (Fsp3) is 0.273. The van der Waals surface area contributed by atoms with Crippen LogP contribution in [0.1, 0.15) is 22.8 Å². The summed E-state index contributed by atoms with van der Waals surface area (Å²) in [5, 5.41) is 18.0. The molecule has 0 saturated heterocycles. The molecule has 0 bridgehead atoms. The van der Waals surface area contributed by atoms with Crippen molar-refractivity contribution in [3.8, 4) is 11.4 Å². The molecule has 2 heterocycles. The minimum atomic E-state index is -4.91. The first kappa shape index (κ1) is 23.7. The molecule has 1 atom stereocenters. The minimum absolute atomic E-state index is 0.0634. The van der Waals surface area contributed by atoms with Crippen molar-refractivity contribution in [3.63, 3.8) is 0 Å². The zero-order chi connectivity index (χ0) is 24.5. The van der Waals surface area contributed by atoms with E-state index in [1.165, 1.54) is 24.3 Å². The number of benzene rings is 2. The van der Waals surface area contributed by atoms with Gasteiger partial charge in [-0.3, -0.25) is 4.57 Å². The van der Waals surface area contributed by atoms with Crippen molar-refractivity contribution in [2.75, 3.05) is 0 Å². The van der Waals surface area contributed by atoms with Crippen LogP contribution in [0.5, 0.6) is 0 Å². The first-order valence-electron chi connectivity index (χ1n) is 10.2. The molecule has 0 unspecified atom stereocenters. The highest BCUT2D eigenvalue weighted by Gasteiger charge is 2.39. The molecule has 0 fully saturated rings. The molecular weight excluding hydrogens is 475 g/mol. The molecule has 12 heteroatoms. The standard InChI is InChI=1S/C22H19ClF3N5O3/c1-13-3-2-4-14(9-13)10-18-27-19(34-29-18)12-31-21(33)30(11-17(32)22(24,25)26)20(28-31)15-5-7-16(23)8-6-15/h2-9,17,32H,10-12H2,1H3/t17-/m0/s1. The van der Waals surface area contributed by atoms with Gasteiger partial charge in [-0.15, -0.1) is 5.10 Å². The highest BCUT2D eigenvalue weighted by molar-refractivity contribution is 6.30. The van der Waals surface area contributed by atoms with Gasteiger partial charge in [-0.05, 0) is 36.8 Å². The van der Waals surface area contributed by atoms with Gasteiger partial charge in [-0.25, -0.2) is 9.48 Å². The van der Waals surface area contributed by atoms with Crippen LogP contribution in [0.25, 0.3) is 11.4 Å². The number of aliphatic hydroxyl groups excluding tert-OH is 1. The average Bonchev–Trinajstić information content (AvgIpc) is 3.33. The van der Waals surface area contributed by atoms with E-state index >= 15 is 0 Å². The molecule has 34 heavy (non-hydrogen) atoms. The van der Waals surface area contributed by atoms with Gasteiger partial charge in [0.1, 0.15) is 6.54 Å². The van der Waals surface area contributed by atoms with Gasteiger partial charge in [-0.2, -0.15) is 18.2 Å². The van der Waals surface area contributed by atoms with Crippen molar-refractivity contribution in [1.82, 2.24) is 24.5 Å². The van der Waals surface area contributed by atoms with Gasteiger partial charge in [0.05, 0.1) is 6.54 Å². The number of hydrogen-bond acceptors (Lipinski definition) is 6. The summed E-state index contributed by atoms with van der Waals surface area (Å²) in [4.78, 5) is 17.2. The summed E-state index contributed by atoms with van der Waals surface area (Å²) >= 11 is 5.89. The molecule has 0 aliphatic heterocycles. The monoisotopic (exact) mass is 493 g/mol. The predicted octanol–water partition coefficient (Wildman–Crippen LogP) is 3.62.